The second kappa shape index (κ2) is 8.28. The second-order valence-corrected chi connectivity index (χ2v) is 6.18. The minimum absolute atomic E-state index is 0.00692. The molecule has 0 aliphatic carbocycles. The molecule has 0 saturated heterocycles. The fourth-order valence-electron chi connectivity index (χ4n) is 2.71. The normalized spacial score (nSPS) is 16.3. The summed E-state index contributed by atoms with van der Waals surface area (Å²) in [6.45, 7) is 0.00692. The molecule has 9 heteroatoms. The van der Waals surface area contributed by atoms with E-state index in [2.05, 4.69) is 15.2 Å². The molecule has 3 rings (SSSR count). The number of halogens is 4. The number of nitrogens with zero attached hydrogens (tertiary/aromatic N) is 1. The summed E-state index contributed by atoms with van der Waals surface area (Å²) in [7, 11) is 0. The molecule has 0 radical (unpaired) electrons. The number of carbonyl (C=O) groups is 1. The van der Waals surface area contributed by atoms with Gasteiger partial charge < -0.3 is 14.9 Å². The first-order valence-corrected chi connectivity index (χ1v) is 8.37. The number of benzene rings is 2. The molecule has 1 atom stereocenters. The first-order valence-electron chi connectivity index (χ1n) is 8.37. The summed E-state index contributed by atoms with van der Waals surface area (Å²) in [4.78, 5) is 17.3. The maximum absolute atomic E-state index is 13.2. The summed E-state index contributed by atoms with van der Waals surface area (Å²) < 4.78 is 53.9. The third-order valence-corrected chi connectivity index (χ3v) is 3.92. The summed E-state index contributed by atoms with van der Waals surface area (Å²) >= 11 is 0. The molecular formula is C19H16F4N2O3. The number of rotatable bonds is 6. The van der Waals surface area contributed by atoms with Crippen LogP contribution in [0.1, 0.15) is 17.5 Å². The number of alkyl halides is 3. The van der Waals surface area contributed by atoms with Gasteiger partial charge in [-0.2, -0.15) is 0 Å². The Morgan fingerprint density at radius 2 is 1.93 bits per heavy atom. The van der Waals surface area contributed by atoms with Crippen LogP contribution in [-0.2, 0) is 22.6 Å². The van der Waals surface area contributed by atoms with Crippen molar-refractivity contribution in [2.24, 2.45) is 5.16 Å². The topological polar surface area (TPSA) is 59.9 Å². The van der Waals surface area contributed by atoms with E-state index in [1.54, 1.807) is 18.2 Å². The minimum Gasteiger partial charge on any atom is -0.406 e. The zero-order valence-corrected chi connectivity index (χ0v) is 14.5. The van der Waals surface area contributed by atoms with E-state index in [0.717, 1.165) is 0 Å². The second-order valence-electron chi connectivity index (χ2n) is 6.18. The number of oxime groups is 1. The number of nitrogens with one attached hydrogen (secondary N) is 1. The van der Waals surface area contributed by atoms with Crippen molar-refractivity contribution in [1.82, 2.24) is 5.32 Å². The molecule has 0 aromatic heterocycles. The molecule has 1 heterocycles. The molecule has 1 amide bonds. The Labute approximate surface area is 157 Å². The molecule has 1 aliphatic heterocycles. The Kier molecular flexibility index (Phi) is 5.81. The van der Waals surface area contributed by atoms with E-state index < -0.39 is 18.4 Å². The van der Waals surface area contributed by atoms with Gasteiger partial charge in [0.2, 0.25) is 6.10 Å². The van der Waals surface area contributed by atoms with E-state index in [9.17, 15) is 22.4 Å². The molecule has 0 bridgehead atoms. The van der Waals surface area contributed by atoms with Crippen LogP contribution in [0.15, 0.2) is 53.7 Å². The fraction of sp³-hybridized carbons (Fsp3) is 0.263. The van der Waals surface area contributed by atoms with Crippen molar-refractivity contribution in [1.29, 1.82) is 0 Å². The van der Waals surface area contributed by atoms with Crippen LogP contribution < -0.4 is 10.1 Å². The first-order chi connectivity index (χ1) is 13.3. The number of amides is 1. The van der Waals surface area contributed by atoms with Gasteiger partial charge in [0.1, 0.15) is 11.6 Å². The third kappa shape index (κ3) is 5.70. The number of ether oxygens (including phenoxy) is 1. The molecule has 2 aromatic rings. The summed E-state index contributed by atoms with van der Waals surface area (Å²) in [5, 5.41) is 6.45. The predicted octanol–water partition coefficient (Wildman–Crippen LogP) is 3.73. The average molecular weight is 396 g/mol. The number of hydrogen-bond donors (Lipinski definition) is 1. The predicted molar refractivity (Wildman–Crippen MR) is 92.0 cm³/mol. The lowest BCUT2D eigenvalue weighted by atomic mass is 10.0. The largest absolute Gasteiger partial charge is 0.573 e. The molecular weight excluding hydrogens is 380 g/mol. The van der Waals surface area contributed by atoms with Gasteiger partial charge in [0.25, 0.3) is 5.91 Å². The summed E-state index contributed by atoms with van der Waals surface area (Å²) in [5.41, 5.74) is 1.75. The van der Waals surface area contributed by atoms with Gasteiger partial charge in [-0.3, -0.25) is 4.79 Å². The van der Waals surface area contributed by atoms with Crippen molar-refractivity contribution in [2.45, 2.75) is 31.9 Å². The highest BCUT2D eigenvalue weighted by Gasteiger charge is 2.31. The highest BCUT2D eigenvalue weighted by atomic mass is 19.4. The lowest BCUT2D eigenvalue weighted by molar-refractivity contribution is -0.274. The van der Waals surface area contributed by atoms with Crippen LogP contribution in [-0.4, -0.2) is 24.1 Å². The lowest BCUT2D eigenvalue weighted by Crippen LogP contribution is -2.34. The van der Waals surface area contributed by atoms with Crippen LogP contribution in [0.25, 0.3) is 0 Å². The number of carbonyl (C=O) groups excluding carboxylic acids is 1. The maximum Gasteiger partial charge on any atom is 0.573 e. The maximum atomic E-state index is 13.2. The van der Waals surface area contributed by atoms with Gasteiger partial charge in [0.15, 0.2) is 0 Å². The van der Waals surface area contributed by atoms with Gasteiger partial charge in [-0.25, -0.2) is 4.39 Å². The van der Waals surface area contributed by atoms with Crippen molar-refractivity contribution in [3.05, 3.63) is 65.5 Å². The van der Waals surface area contributed by atoms with Crippen LogP contribution in [0.5, 0.6) is 5.75 Å². The first kappa shape index (κ1) is 19.7. The Morgan fingerprint density at radius 3 is 2.68 bits per heavy atom. The van der Waals surface area contributed by atoms with Crippen LogP contribution in [0.3, 0.4) is 0 Å². The Bertz CT molecular complexity index is 883. The van der Waals surface area contributed by atoms with E-state index in [0.29, 0.717) is 23.3 Å². The smallest absolute Gasteiger partial charge is 0.406 e. The van der Waals surface area contributed by atoms with Gasteiger partial charge in [0.05, 0.1) is 5.71 Å². The minimum atomic E-state index is -4.78. The van der Waals surface area contributed by atoms with Gasteiger partial charge in [-0.15, -0.1) is 13.2 Å². The van der Waals surface area contributed by atoms with Gasteiger partial charge in [0, 0.05) is 19.4 Å². The van der Waals surface area contributed by atoms with Crippen LogP contribution in [0, 0.1) is 5.82 Å². The highest BCUT2D eigenvalue weighted by Crippen LogP contribution is 2.23. The summed E-state index contributed by atoms with van der Waals surface area (Å²) in [6, 6.07) is 11.4. The monoisotopic (exact) mass is 396 g/mol. The van der Waals surface area contributed by atoms with Crippen molar-refractivity contribution < 1.29 is 31.9 Å². The molecule has 1 N–H and O–H groups in total. The highest BCUT2D eigenvalue weighted by molar-refractivity contribution is 5.93. The lowest BCUT2D eigenvalue weighted by Gasteiger charge is -2.12. The standard InChI is InChI=1S/C19H16F4N2O3/c20-14-5-1-3-12(7-14)8-15-10-17(28-25-15)18(26)24-11-13-4-2-6-16(9-13)27-19(21,22)23/h1-7,9,17H,8,10-11H2,(H,24,26). The molecule has 2 aromatic carbocycles. The van der Waals surface area contributed by atoms with Crippen molar-refractivity contribution in [2.75, 3.05) is 0 Å². The van der Waals surface area contributed by atoms with E-state index >= 15 is 0 Å². The Morgan fingerprint density at radius 1 is 1.18 bits per heavy atom. The van der Waals surface area contributed by atoms with Crippen molar-refractivity contribution in [3.63, 3.8) is 0 Å². The molecule has 5 nitrogen and oxygen atoms in total. The van der Waals surface area contributed by atoms with E-state index in [1.165, 1.54) is 30.3 Å². The van der Waals surface area contributed by atoms with Crippen LogP contribution in [0.4, 0.5) is 17.6 Å². The van der Waals surface area contributed by atoms with Gasteiger partial charge in [-0.1, -0.05) is 29.4 Å². The molecule has 148 valence electrons. The van der Waals surface area contributed by atoms with Gasteiger partial charge in [-0.05, 0) is 35.4 Å². The SMILES string of the molecule is O=C(NCc1cccc(OC(F)(F)F)c1)C1CC(Cc2cccc(F)c2)=NO1. The van der Waals surface area contributed by atoms with Crippen LogP contribution >= 0.6 is 0 Å². The molecule has 1 unspecified atom stereocenters. The summed E-state index contributed by atoms with van der Waals surface area (Å²) in [6.07, 6.45) is -5.01. The molecule has 0 spiro atoms. The average Bonchev–Trinajstić information content (AvgIpc) is 3.07. The Balaban J connectivity index is 1.49. The van der Waals surface area contributed by atoms with Crippen LogP contribution in [0.2, 0.25) is 0 Å². The molecule has 0 fully saturated rings. The zero-order valence-electron chi connectivity index (χ0n) is 14.5. The van der Waals surface area contributed by atoms with Crippen molar-refractivity contribution in [3.8, 4) is 5.75 Å². The van der Waals surface area contributed by atoms with E-state index in [-0.39, 0.29) is 24.5 Å². The fourth-order valence-corrected chi connectivity index (χ4v) is 2.71. The van der Waals surface area contributed by atoms with Gasteiger partial charge >= 0.3 is 6.36 Å². The van der Waals surface area contributed by atoms with E-state index in [1.807, 2.05) is 0 Å². The zero-order chi connectivity index (χ0) is 20.1. The Hall–Kier alpha value is -3.10. The number of hydrogen-bond acceptors (Lipinski definition) is 4. The quantitative estimate of drug-likeness (QED) is 0.757. The third-order valence-electron chi connectivity index (χ3n) is 3.92. The molecule has 0 saturated carbocycles. The summed E-state index contributed by atoms with van der Waals surface area (Å²) in [5.74, 6) is -1.17. The van der Waals surface area contributed by atoms with E-state index in [4.69, 9.17) is 4.84 Å². The molecule has 1 aliphatic rings. The van der Waals surface area contributed by atoms with Crippen molar-refractivity contribution >= 4 is 11.6 Å². The molecule has 28 heavy (non-hydrogen) atoms.